The first-order valence-corrected chi connectivity index (χ1v) is 4.50. The molecule has 74 valence electrons. The minimum atomic E-state index is 0.0796. The van der Waals surface area contributed by atoms with E-state index in [1.165, 1.54) is 0 Å². The van der Waals surface area contributed by atoms with E-state index in [1.807, 2.05) is 32.9 Å². The molecule has 13 heavy (non-hydrogen) atoms. The standard InChI is InChI=1S/C8H11NO2.C2H6/c1-7-2-3-8(11-7)6-9-4-5-10;1-2/h2-3,6,10H,4-5H2,1H3;1-2H3. The first kappa shape index (κ1) is 11.9. The van der Waals surface area contributed by atoms with Crippen LogP contribution in [-0.4, -0.2) is 24.5 Å². The Morgan fingerprint density at radius 1 is 1.46 bits per heavy atom. The second-order valence-electron chi connectivity index (χ2n) is 2.21. The Morgan fingerprint density at radius 3 is 2.62 bits per heavy atom. The Bertz CT molecular complexity index is 241. The second-order valence-corrected chi connectivity index (χ2v) is 2.21. The predicted molar refractivity (Wildman–Crippen MR) is 54.3 cm³/mol. The van der Waals surface area contributed by atoms with Crippen LogP contribution in [0.2, 0.25) is 0 Å². The molecular formula is C10H17NO2. The highest BCUT2D eigenvalue weighted by molar-refractivity contribution is 5.75. The van der Waals surface area contributed by atoms with Crippen molar-refractivity contribution in [1.29, 1.82) is 0 Å². The van der Waals surface area contributed by atoms with Crippen molar-refractivity contribution in [1.82, 2.24) is 0 Å². The van der Waals surface area contributed by atoms with Crippen molar-refractivity contribution in [3.8, 4) is 0 Å². The Morgan fingerprint density at radius 2 is 2.15 bits per heavy atom. The summed E-state index contributed by atoms with van der Waals surface area (Å²) in [6.45, 7) is 6.39. The largest absolute Gasteiger partial charge is 0.460 e. The van der Waals surface area contributed by atoms with Gasteiger partial charge in [-0.1, -0.05) is 13.8 Å². The Balaban J connectivity index is 0.000000671. The van der Waals surface area contributed by atoms with E-state index in [0.29, 0.717) is 6.54 Å². The Kier molecular flexibility index (Phi) is 6.92. The van der Waals surface area contributed by atoms with Crippen LogP contribution in [0.15, 0.2) is 21.5 Å². The van der Waals surface area contributed by atoms with Crippen molar-refractivity contribution >= 4 is 6.21 Å². The summed E-state index contributed by atoms with van der Waals surface area (Å²) in [5.41, 5.74) is 0. The maximum absolute atomic E-state index is 8.41. The molecule has 1 aromatic heterocycles. The monoisotopic (exact) mass is 183 g/mol. The summed E-state index contributed by atoms with van der Waals surface area (Å²) in [5.74, 6) is 1.60. The van der Waals surface area contributed by atoms with Crippen LogP contribution in [0.1, 0.15) is 25.4 Å². The van der Waals surface area contributed by atoms with Gasteiger partial charge in [-0.05, 0) is 19.1 Å². The number of aryl methyl sites for hydroxylation is 1. The van der Waals surface area contributed by atoms with Gasteiger partial charge in [-0.15, -0.1) is 0 Å². The molecule has 0 aromatic carbocycles. The Hall–Kier alpha value is -1.09. The molecule has 0 saturated carbocycles. The molecule has 0 aliphatic rings. The van der Waals surface area contributed by atoms with Gasteiger partial charge in [0, 0.05) is 0 Å². The summed E-state index contributed by atoms with van der Waals surface area (Å²) in [6.07, 6.45) is 1.61. The minimum Gasteiger partial charge on any atom is -0.460 e. The van der Waals surface area contributed by atoms with Crippen LogP contribution in [0.3, 0.4) is 0 Å². The molecule has 0 aliphatic heterocycles. The van der Waals surface area contributed by atoms with Crippen molar-refractivity contribution < 1.29 is 9.52 Å². The van der Waals surface area contributed by atoms with E-state index in [2.05, 4.69) is 4.99 Å². The quantitative estimate of drug-likeness (QED) is 0.729. The molecule has 0 atom stereocenters. The summed E-state index contributed by atoms with van der Waals surface area (Å²) in [5, 5.41) is 8.41. The molecule has 0 amide bonds. The van der Waals surface area contributed by atoms with Crippen molar-refractivity contribution in [2.75, 3.05) is 13.2 Å². The van der Waals surface area contributed by atoms with E-state index >= 15 is 0 Å². The molecule has 0 bridgehead atoms. The maximum Gasteiger partial charge on any atom is 0.144 e. The van der Waals surface area contributed by atoms with E-state index in [9.17, 15) is 0 Å². The van der Waals surface area contributed by atoms with Crippen molar-refractivity contribution in [2.24, 2.45) is 4.99 Å². The summed E-state index contributed by atoms with van der Waals surface area (Å²) in [7, 11) is 0. The third-order valence-corrected chi connectivity index (χ3v) is 1.21. The molecule has 3 heteroatoms. The zero-order chi connectivity index (χ0) is 10.1. The van der Waals surface area contributed by atoms with Crippen LogP contribution in [0.4, 0.5) is 0 Å². The molecule has 0 unspecified atom stereocenters. The number of hydrogen-bond donors (Lipinski definition) is 1. The number of nitrogens with zero attached hydrogens (tertiary/aromatic N) is 1. The summed E-state index contributed by atoms with van der Waals surface area (Å²) in [6, 6.07) is 3.72. The zero-order valence-corrected chi connectivity index (χ0v) is 8.45. The third kappa shape index (κ3) is 5.20. The van der Waals surface area contributed by atoms with E-state index in [-0.39, 0.29) is 6.61 Å². The highest BCUT2D eigenvalue weighted by Crippen LogP contribution is 2.02. The van der Waals surface area contributed by atoms with Crippen molar-refractivity contribution in [3.63, 3.8) is 0 Å². The predicted octanol–water partition coefficient (Wildman–Crippen LogP) is 2.03. The topological polar surface area (TPSA) is 45.7 Å². The molecule has 3 nitrogen and oxygen atoms in total. The number of furan rings is 1. The molecule has 1 aromatic rings. The molecule has 1 heterocycles. The first-order chi connectivity index (χ1) is 6.33. The average molecular weight is 183 g/mol. The van der Waals surface area contributed by atoms with Gasteiger partial charge in [-0.25, -0.2) is 0 Å². The fraction of sp³-hybridized carbons (Fsp3) is 0.500. The third-order valence-electron chi connectivity index (χ3n) is 1.21. The van der Waals surface area contributed by atoms with Gasteiger partial charge >= 0.3 is 0 Å². The number of aliphatic hydroxyl groups is 1. The molecule has 0 spiro atoms. The molecule has 1 rings (SSSR count). The molecule has 1 N–H and O–H groups in total. The summed E-state index contributed by atoms with van der Waals surface area (Å²) < 4.78 is 5.20. The zero-order valence-electron chi connectivity index (χ0n) is 8.45. The van der Waals surface area contributed by atoms with Crippen LogP contribution in [-0.2, 0) is 0 Å². The lowest BCUT2D eigenvalue weighted by Crippen LogP contribution is -1.87. The van der Waals surface area contributed by atoms with Crippen LogP contribution < -0.4 is 0 Å². The van der Waals surface area contributed by atoms with Gasteiger partial charge in [-0.3, -0.25) is 4.99 Å². The number of rotatable bonds is 3. The van der Waals surface area contributed by atoms with E-state index < -0.39 is 0 Å². The molecule has 0 aliphatic carbocycles. The van der Waals surface area contributed by atoms with Crippen molar-refractivity contribution in [2.45, 2.75) is 20.8 Å². The van der Waals surface area contributed by atoms with E-state index in [1.54, 1.807) is 6.21 Å². The van der Waals surface area contributed by atoms with Gasteiger partial charge in [0.1, 0.15) is 11.5 Å². The van der Waals surface area contributed by atoms with Crippen LogP contribution in [0.25, 0.3) is 0 Å². The molecule has 0 fully saturated rings. The van der Waals surface area contributed by atoms with Gasteiger partial charge in [0.25, 0.3) is 0 Å². The lowest BCUT2D eigenvalue weighted by atomic mass is 10.4. The SMILES string of the molecule is CC.Cc1ccc(C=NCCO)o1. The van der Waals surface area contributed by atoms with Gasteiger partial charge in [0.15, 0.2) is 0 Å². The highest BCUT2D eigenvalue weighted by Gasteiger charge is 1.91. The maximum atomic E-state index is 8.41. The molecule has 0 radical (unpaired) electrons. The first-order valence-electron chi connectivity index (χ1n) is 4.50. The van der Waals surface area contributed by atoms with Gasteiger partial charge in [0.05, 0.1) is 19.4 Å². The fourth-order valence-corrected chi connectivity index (χ4v) is 0.735. The average Bonchev–Trinajstić information content (AvgIpc) is 2.56. The van der Waals surface area contributed by atoms with Crippen LogP contribution in [0, 0.1) is 6.92 Å². The van der Waals surface area contributed by atoms with Crippen LogP contribution in [0.5, 0.6) is 0 Å². The normalized spacial score (nSPS) is 9.85. The van der Waals surface area contributed by atoms with E-state index in [0.717, 1.165) is 11.5 Å². The number of aliphatic imine (C=N–C) groups is 1. The van der Waals surface area contributed by atoms with Gasteiger partial charge < -0.3 is 9.52 Å². The van der Waals surface area contributed by atoms with Crippen LogP contribution >= 0.6 is 0 Å². The lowest BCUT2D eigenvalue weighted by molar-refractivity contribution is 0.307. The molecular weight excluding hydrogens is 166 g/mol. The van der Waals surface area contributed by atoms with E-state index in [4.69, 9.17) is 9.52 Å². The summed E-state index contributed by atoms with van der Waals surface area (Å²) >= 11 is 0. The second kappa shape index (κ2) is 7.55. The highest BCUT2D eigenvalue weighted by atomic mass is 16.3. The lowest BCUT2D eigenvalue weighted by Gasteiger charge is -1.84. The molecule has 0 saturated heterocycles. The fourth-order valence-electron chi connectivity index (χ4n) is 0.735. The van der Waals surface area contributed by atoms with Gasteiger partial charge in [-0.2, -0.15) is 0 Å². The minimum absolute atomic E-state index is 0.0796. The summed E-state index contributed by atoms with van der Waals surface area (Å²) in [4.78, 5) is 3.90. The van der Waals surface area contributed by atoms with Crippen molar-refractivity contribution in [3.05, 3.63) is 23.7 Å². The smallest absolute Gasteiger partial charge is 0.144 e. The van der Waals surface area contributed by atoms with Gasteiger partial charge in [0.2, 0.25) is 0 Å². The number of aliphatic hydroxyl groups excluding tert-OH is 1. The number of hydrogen-bond acceptors (Lipinski definition) is 3. The Labute approximate surface area is 79.1 Å².